The van der Waals surface area contributed by atoms with Gasteiger partial charge in [0.15, 0.2) is 0 Å². The van der Waals surface area contributed by atoms with Crippen molar-refractivity contribution in [1.29, 1.82) is 0 Å². The number of carbonyl (C=O) groups is 3. The van der Waals surface area contributed by atoms with E-state index in [1.54, 1.807) is 44.3 Å². The molecule has 1 aliphatic heterocycles. The molecule has 1 saturated heterocycles. The lowest BCUT2D eigenvalue weighted by Crippen LogP contribution is -2.65. The summed E-state index contributed by atoms with van der Waals surface area (Å²) in [4.78, 5) is 40.7. The molecule has 2 heterocycles. The van der Waals surface area contributed by atoms with Crippen molar-refractivity contribution in [2.24, 2.45) is 30.2 Å². The van der Waals surface area contributed by atoms with Crippen LogP contribution < -0.4 is 20.7 Å². The zero-order valence-corrected chi connectivity index (χ0v) is 29.5. The maximum atomic E-state index is 14.1. The first-order valence-corrected chi connectivity index (χ1v) is 17.3. The SMILES string of the molecule is Cc1cc(C(=O)NC[C@H](NC(=O)c2ccc(Oc3ccccc3)cc2)C(=O)N[C@@H](CC(C)C)B2O[C@@H]3C[C@@H]4C[C@@H](C4(C)C)[C@]3(C)O2)n(C)n1. The first-order chi connectivity index (χ1) is 23.2. The lowest BCUT2D eigenvalue weighted by atomic mass is 9.43. The molecule has 3 saturated carbocycles. The number of nitrogens with zero attached hydrogens (tertiary/aromatic N) is 2. The Hall–Kier alpha value is -4.16. The third-order valence-corrected chi connectivity index (χ3v) is 10.8. The van der Waals surface area contributed by atoms with Gasteiger partial charge in [-0.3, -0.25) is 19.1 Å². The van der Waals surface area contributed by atoms with Crippen molar-refractivity contribution >= 4 is 24.8 Å². The number of benzene rings is 2. The quantitative estimate of drug-likeness (QED) is 0.235. The van der Waals surface area contributed by atoms with E-state index in [4.69, 9.17) is 14.0 Å². The van der Waals surface area contributed by atoms with Gasteiger partial charge >= 0.3 is 7.12 Å². The molecule has 2 bridgehead atoms. The van der Waals surface area contributed by atoms with E-state index in [-0.39, 0.29) is 24.0 Å². The van der Waals surface area contributed by atoms with Crippen molar-refractivity contribution in [2.45, 2.75) is 84.5 Å². The van der Waals surface area contributed by atoms with E-state index in [1.165, 1.54) is 4.68 Å². The molecule has 11 nitrogen and oxygen atoms in total. The molecule has 0 unspecified atom stereocenters. The van der Waals surface area contributed by atoms with Crippen LogP contribution in [-0.2, 0) is 21.2 Å². The minimum atomic E-state index is -1.09. The van der Waals surface area contributed by atoms with Crippen LogP contribution in [0.4, 0.5) is 0 Å². The molecule has 1 aromatic heterocycles. The first-order valence-electron chi connectivity index (χ1n) is 17.3. The first kappa shape index (κ1) is 34.7. The van der Waals surface area contributed by atoms with Crippen LogP contribution in [0, 0.1) is 30.1 Å². The number of amides is 3. The zero-order valence-electron chi connectivity index (χ0n) is 29.5. The Kier molecular flexibility index (Phi) is 9.65. The molecule has 12 heteroatoms. The van der Waals surface area contributed by atoms with Gasteiger partial charge < -0.3 is 30.0 Å². The lowest BCUT2D eigenvalue weighted by molar-refractivity contribution is -0.199. The monoisotopic (exact) mass is 669 g/mol. The minimum absolute atomic E-state index is 0.0354. The van der Waals surface area contributed by atoms with Crippen LogP contribution in [0.5, 0.6) is 11.5 Å². The Morgan fingerprint density at radius 3 is 2.33 bits per heavy atom. The van der Waals surface area contributed by atoms with E-state index >= 15 is 0 Å². The molecule has 49 heavy (non-hydrogen) atoms. The van der Waals surface area contributed by atoms with Crippen LogP contribution in [0.1, 0.15) is 80.4 Å². The van der Waals surface area contributed by atoms with Crippen molar-refractivity contribution in [3.8, 4) is 11.5 Å². The van der Waals surface area contributed by atoms with E-state index in [2.05, 4.69) is 55.7 Å². The predicted octanol–water partition coefficient (Wildman–Crippen LogP) is 4.85. The number of nitrogens with one attached hydrogen (secondary N) is 3. The lowest BCUT2D eigenvalue weighted by Gasteiger charge is -2.64. The average molecular weight is 670 g/mol. The molecule has 3 amide bonds. The van der Waals surface area contributed by atoms with Crippen LogP contribution in [0.15, 0.2) is 60.7 Å². The molecule has 6 atom stereocenters. The smallest absolute Gasteiger partial charge is 0.457 e. The van der Waals surface area contributed by atoms with Crippen molar-refractivity contribution in [1.82, 2.24) is 25.7 Å². The largest absolute Gasteiger partial charge is 0.481 e. The topological polar surface area (TPSA) is 133 Å². The Bertz CT molecular complexity index is 1680. The van der Waals surface area contributed by atoms with Gasteiger partial charge in [-0.05, 0) is 98.7 Å². The van der Waals surface area contributed by atoms with Crippen LogP contribution in [0.2, 0.25) is 0 Å². The summed E-state index contributed by atoms with van der Waals surface area (Å²) in [5.41, 5.74) is 1.14. The van der Waals surface area contributed by atoms with Gasteiger partial charge in [0.2, 0.25) is 5.91 Å². The highest BCUT2D eigenvalue weighted by Crippen LogP contribution is 2.65. The van der Waals surface area contributed by atoms with Crippen molar-refractivity contribution in [3.63, 3.8) is 0 Å². The molecule has 3 aromatic rings. The van der Waals surface area contributed by atoms with Gasteiger partial charge in [0.1, 0.15) is 23.2 Å². The normalized spacial score (nSPS) is 24.7. The summed E-state index contributed by atoms with van der Waals surface area (Å²) in [5, 5.41) is 13.1. The number of carbonyl (C=O) groups excluding carboxylic acids is 3. The van der Waals surface area contributed by atoms with Gasteiger partial charge in [-0.2, -0.15) is 5.10 Å². The summed E-state index contributed by atoms with van der Waals surface area (Å²) in [5.74, 6) is 0.683. The van der Waals surface area contributed by atoms with E-state index < -0.39 is 42.4 Å². The molecule has 7 rings (SSSR count). The van der Waals surface area contributed by atoms with Crippen molar-refractivity contribution < 1.29 is 28.4 Å². The number of ether oxygens (including phenoxy) is 1. The fourth-order valence-corrected chi connectivity index (χ4v) is 7.96. The molecule has 260 valence electrons. The molecule has 3 aliphatic carbocycles. The van der Waals surface area contributed by atoms with Gasteiger partial charge in [-0.15, -0.1) is 0 Å². The fourth-order valence-electron chi connectivity index (χ4n) is 7.96. The Morgan fingerprint density at radius 1 is 1.00 bits per heavy atom. The molecule has 0 radical (unpaired) electrons. The summed E-state index contributed by atoms with van der Waals surface area (Å²) in [6, 6.07) is 16.6. The summed E-state index contributed by atoms with van der Waals surface area (Å²) >= 11 is 0. The van der Waals surface area contributed by atoms with E-state index in [1.807, 2.05) is 30.3 Å². The fraction of sp³-hybridized carbons (Fsp3) is 0.514. The van der Waals surface area contributed by atoms with Gasteiger partial charge in [0.25, 0.3) is 11.8 Å². The number of hydrogen-bond acceptors (Lipinski definition) is 7. The molecule has 4 aliphatic rings. The number of aromatic nitrogens is 2. The van der Waals surface area contributed by atoms with E-state index in [0.717, 1.165) is 12.8 Å². The second-order valence-electron chi connectivity index (χ2n) is 15.1. The van der Waals surface area contributed by atoms with Crippen LogP contribution in [0.3, 0.4) is 0 Å². The van der Waals surface area contributed by atoms with Crippen LogP contribution in [0.25, 0.3) is 0 Å². The summed E-state index contributed by atoms with van der Waals surface area (Å²) in [7, 11) is 1.05. The number of hydrogen-bond donors (Lipinski definition) is 3. The highest BCUT2D eigenvalue weighted by atomic mass is 16.7. The molecule has 4 fully saturated rings. The van der Waals surface area contributed by atoms with Gasteiger partial charge in [0.05, 0.1) is 23.3 Å². The van der Waals surface area contributed by atoms with Gasteiger partial charge in [-0.1, -0.05) is 45.9 Å². The Labute approximate surface area is 289 Å². The third kappa shape index (κ3) is 7.12. The maximum Gasteiger partial charge on any atom is 0.481 e. The summed E-state index contributed by atoms with van der Waals surface area (Å²) in [6.07, 6.45) is 2.64. The highest BCUT2D eigenvalue weighted by Gasteiger charge is 2.68. The van der Waals surface area contributed by atoms with Gasteiger partial charge in [0, 0.05) is 19.2 Å². The van der Waals surface area contributed by atoms with E-state index in [0.29, 0.717) is 46.7 Å². The maximum absolute atomic E-state index is 14.1. The Morgan fingerprint density at radius 2 is 1.69 bits per heavy atom. The number of aryl methyl sites for hydroxylation is 2. The Balaban J connectivity index is 1.18. The zero-order chi connectivity index (χ0) is 35.1. The molecule has 2 aromatic carbocycles. The molecule has 3 N–H and O–H groups in total. The number of para-hydroxylation sites is 1. The van der Waals surface area contributed by atoms with Crippen LogP contribution >= 0.6 is 0 Å². The summed E-state index contributed by atoms with van der Waals surface area (Å²) in [6.45, 7) is 12.6. The second-order valence-corrected chi connectivity index (χ2v) is 15.1. The predicted molar refractivity (Wildman–Crippen MR) is 186 cm³/mol. The van der Waals surface area contributed by atoms with E-state index in [9.17, 15) is 14.4 Å². The molecular formula is C37H48BN5O6. The van der Waals surface area contributed by atoms with Crippen LogP contribution in [-0.4, -0.2) is 64.9 Å². The standard InChI is InChI=1S/C37H48BN5O6/c1-22(2)17-32(38-48-31-20-25-19-30(36(25,4)5)37(31,6)49-38)41-34(45)28(21-39-35(46)29-18-23(3)42-43(29)7)40-33(44)24-13-15-27(16-14-24)47-26-11-9-8-10-12-26/h8-16,18,22,25,28,30-32H,17,19-21H2,1-7H3,(H,39,46)(H,40,44)(H,41,45)/t25-,28-,30-,31+,32-,37-/m0/s1. The van der Waals surface area contributed by atoms with Crippen molar-refractivity contribution in [3.05, 3.63) is 77.6 Å². The molecular weight excluding hydrogens is 621 g/mol. The third-order valence-electron chi connectivity index (χ3n) is 10.8. The second kappa shape index (κ2) is 13.6. The minimum Gasteiger partial charge on any atom is -0.457 e. The summed E-state index contributed by atoms with van der Waals surface area (Å²) < 4.78 is 20.7. The number of rotatable bonds is 12. The average Bonchev–Trinajstić information content (AvgIpc) is 3.60. The van der Waals surface area contributed by atoms with Gasteiger partial charge in [-0.25, -0.2) is 0 Å². The highest BCUT2D eigenvalue weighted by molar-refractivity contribution is 6.48. The molecule has 0 spiro atoms. The van der Waals surface area contributed by atoms with Crippen molar-refractivity contribution in [2.75, 3.05) is 6.54 Å².